The molecule has 0 fully saturated rings. The second-order valence-corrected chi connectivity index (χ2v) is 5.18. The van der Waals surface area contributed by atoms with Crippen LogP contribution in [0.4, 0.5) is 5.69 Å². The Morgan fingerprint density at radius 1 is 1.45 bits per heavy atom. The first-order valence-corrected chi connectivity index (χ1v) is 7.03. The first kappa shape index (κ1) is 14.8. The molecule has 1 aromatic rings. The number of hydrogen-bond acceptors (Lipinski definition) is 5. The van der Waals surface area contributed by atoms with Crippen LogP contribution in [-0.2, 0) is 14.3 Å². The van der Waals surface area contributed by atoms with Gasteiger partial charge in [0.25, 0.3) is 5.91 Å². The van der Waals surface area contributed by atoms with Crippen molar-refractivity contribution in [2.24, 2.45) is 0 Å². The number of methoxy groups -OCH3 is 2. The van der Waals surface area contributed by atoms with Gasteiger partial charge in [-0.15, -0.1) is 11.8 Å². The van der Waals surface area contributed by atoms with Crippen LogP contribution < -0.4 is 10.6 Å². The minimum absolute atomic E-state index is 0.0566. The SMILES string of the molecule is COC(CNC(=O)c1ccc2c(c1)NC(=O)CS2)OC. The average molecular weight is 296 g/mol. The van der Waals surface area contributed by atoms with Gasteiger partial charge in [0, 0.05) is 24.7 Å². The van der Waals surface area contributed by atoms with Crippen molar-refractivity contribution in [2.45, 2.75) is 11.2 Å². The van der Waals surface area contributed by atoms with Crippen molar-refractivity contribution in [3.63, 3.8) is 0 Å². The maximum Gasteiger partial charge on any atom is 0.251 e. The lowest BCUT2D eigenvalue weighted by molar-refractivity contribution is -0.113. The first-order valence-electron chi connectivity index (χ1n) is 6.04. The number of ether oxygens (including phenoxy) is 2. The van der Waals surface area contributed by atoms with E-state index in [1.807, 2.05) is 6.07 Å². The highest BCUT2D eigenvalue weighted by molar-refractivity contribution is 8.00. The van der Waals surface area contributed by atoms with Crippen LogP contribution in [0.1, 0.15) is 10.4 Å². The van der Waals surface area contributed by atoms with Gasteiger partial charge in [-0.05, 0) is 18.2 Å². The van der Waals surface area contributed by atoms with E-state index in [0.29, 0.717) is 17.0 Å². The third kappa shape index (κ3) is 3.50. The number of amides is 2. The molecule has 1 aliphatic rings. The van der Waals surface area contributed by atoms with Gasteiger partial charge < -0.3 is 20.1 Å². The van der Waals surface area contributed by atoms with Crippen molar-refractivity contribution in [2.75, 3.05) is 31.8 Å². The zero-order valence-corrected chi connectivity index (χ0v) is 12.1. The van der Waals surface area contributed by atoms with Crippen molar-refractivity contribution < 1.29 is 19.1 Å². The summed E-state index contributed by atoms with van der Waals surface area (Å²) in [5.41, 5.74) is 1.16. The Morgan fingerprint density at radius 3 is 2.90 bits per heavy atom. The maximum atomic E-state index is 12.0. The van der Waals surface area contributed by atoms with Gasteiger partial charge in [-0.2, -0.15) is 0 Å². The van der Waals surface area contributed by atoms with E-state index in [1.54, 1.807) is 12.1 Å². The number of fused-ring (bicyclic) bond motifs is 1. The number of anilines is 1. The molecule has 2 rings (SSSR count). The number of carbonyl (C=O) groups excluding carboxylic acids is 2. The summed E-state index contributed by atoms with van der Waals surface area (Å²) in [4.78, 5) is 24.3. The van der Waals surface area contributed by atoms with Crippen molar-refractivity contribution >= 4 is 29.3 Å². The molecule has 0 atom stereocenters. The second-order valence-electron chi connectivity index (χ2n) is 4.16. The minimum Gasteiger partial charge on any atom is -0.354 e. The van der Waals surface area contributed by atoms with Crippen molar-refractivity contribution in [1.82, 2.24) is 5.32 Å². The molecule has 1 heterocycles. The van der Waals surface area contributed by atoms with Crippen LogP contribution in [-0.4, -0.2) is 44.6 Å². The number of benzene rings is 1. The molecule has 1 aromatic carbocycles. The molecule has 0 bridgehead atoms. The topological polar surface area (TPSA) is 76.7 Å². The molecular formula is C13H16N2O4S. The van der Waals surface area contributed by atoms with E-state index in [-0.39, 0.29) is 18.4 Å². The van der Waals surface area contributed by atoms with Gasteiger partial charge in [0.2, 0.25) is 5.91 Å². The summed E-state index contributed by atoms with van der Waals surface area (Å²) in [6.07, 6.45) is -0.480. The zero-order chi connectivity index (χ0) is 14.5. The van der Waals surface area contributed by atoms with Crippen molar-refractivity contribution in [1.29, 1.82) is 0 Å². The molecular weight excluding hydrogens is 280 g/mol. The Balaban J connectivity index is 2.03. The normalized spacial score (nSPS) is 13.8. The van der Waals surface area contributed by atoms with Gasteiger partial charge in [0.15, 0.2) is 6.29 Å². The predicted octanol–water partition coefficient (Wildman–Crippen LogP) is 1.08. The molecule has 108 valence electrons. The van der Waals surface area contributed by atoms with Crippen molar-refractivity contribution in [3.05, 3.63) is 23.8 Å². The summed E-state index contributed by atoms with van der Waals surface area (Å²) in [5, 5.41) is 5.46. The van der Waals surface area contributed by atoms with E-state index in [1.165, 1.54) is 26.0 Å². The van der Waals surface area contributed by atoms with Gasteiger partial charge in [-0.25, -0.2) is 0 Å². The van der Waals surface area contributed by atoms with Gasteiger partial charge in [-0.1, -0.05) is 0 Å². The van der Waals surface area contributed by atoms with Crippen LogP contribution in [0.5, 0.6) is 0 Å². The first-order chi connectivity index (χ1) is 9.63. The molecule has 0 aliphatic carbocycles. The third-order valence-corrected chi connectivity index (χ3v) is 3.90. The van der Waals surface area contributed by atoms with E-state index in [2.05, 4.69) is 10.6 Å². The van der Waals surface area contributed by atoms with Gasteiger partial charge >= 0.3 is 0 Å². The number of carbonyl (C=O) groups is 2. The maximum absolute atomic E-state index is 12.0. The summed E-state index contributed by atoms with van der Waals surface area (Å²) in [7, 11) is 3.01. The summed E-state index contributed by atoms with van der Waals surface area (Å²) in [6, 6.07) is 5.23. The Labute approximate surface area is 121 Å². The molecule has 0 spiro atoms. The Morgan fingerprint density at radius 2 is 2.20 bits per heavy atom. The van der Waals surface area contributed by atoms with Gasteiger partial charge in [0.05, 0.1) is 18.0 Å². The third-order valence-electron chi connectivity index (χ3n) is 2.83. The van der Waals surface area contributed by atoms with E-state index >= 15 is 0 Å². The number of rotatable bonds is 5. The van der Waals surface area contributed by atoms with Crippen LogP contribution in [0.15, 0.2) is 23.1 Å². The standard InChI is InChI=1S/C13H16N2O4S/c1-18-12(19-2)6-14-13(17)8-3-4-10-9(5-8)15-11(16)7-20-10/h3-5,12H,6-7H2,1-2H3,(H,14,17)(H,15,16). The molecule has 2 N–H and O–H groups in total. The van der Waals surface area contributed by atoms with Crippen LogP contribution in [0, 0.1) is 0 Å². The van der Waals surface area contributed by atoms with Crippen LogP contribution in [0.25, 0.3) is 0 Å². The van der Waals surface area contributed by atoms with Crippen LogP contribution in [0.3, 0.4) is 0 Å². The summed E-state index contributed by atoms with van der Waals surface area (Å²) >= 11 is 1.46. The Bertz CT molecular complexity index is 517. The van der Waals surface area contributed by atoms with E-state index in [0.717, 1.165) is 4.90 Å². The summed E-state index contributed by atoms with van der Waals surface area (Å²) in [6.45, 7) is 0.254. The fraction of sp³-hybridized carbons (Fsp3) is 0.385. The van der Waals surface area contributed by atoms with Crippen LogP contribution in [0.2, 0.25) is 0 Å². The van der Waals surface area contributed by atoms with E-state index < -0.39 is 6.29 Å². The molecule has 0 radical (unpaired) electrons. The fourth-order valence-corrected chi connectivity index (χ4v) is 2.55. The minimum atomic E-state index is -0.480. The quantitative estimate of drug-likeness (QED) is 0.795. The highest BCUT2D eigenvalue weighted by Gasteiger charge is 2.17. The molecule has 2 amide bonds. The molecule has 0 saturated heterocycles. The highest BCUT2D eigenvalue weighted by atomic mass is 32.2. The Hall–Kier alpha value is -1.57. The zero-order valence-electron chi connectivity index (χ0n) is 11.3. The van der Waals surface area contributed by atoms with Crippen LogP contribution >= 0.6 is 11.8 Å². The monoisotopic (exact) mass is 296 g/mol. The largest absolute Gasteiger partial charge is 0.354 e. The summed E-state index contributed by atoms with van der Waals surface area (Å²) in [5.74, 6) is 0.109. The highest BCUT2D eigenvalue weighted by Crippen LogP contribution is 2.31. The molecule has 0 aromatic heterocycles. The van der Waals surface area contributed by atoms with E-state index in [4.69, 9.17) is 9.47 Å². The number of thioether (sulfide) groups is 1. The molecule has 0 saturated carbocycles. The lowest BCUT2D eigenvalue weighted by Gasteiger charge is -2.17. The molecule has 1 aliphatic heterocycles. The average Bonchev–Trinajstić information content (AvgIpc) is 2.47. The fourth-order valence-electron chi connectivity index (χ4n) is 1.77. The lowest BCUT2D eigenvalue weighted by atomic mass is 10.2. The van der Waals surface area contributed by atoms with E-state index in [9.17, 15) is 9.59 Å². The summed E-state index contributed by atoms with van der Waals surface area (Å²) < 4.78 is 9.99. The molecule has 7 heteroatoms. The molecule has 0 unspecified atom stereocenters. The van der Waals surface area contributed by atoms with Gasteiger partial charge in [0.1, 0.15) is 0 Å². The predicted molar refractivity (Wildman–Crippen MR) is 75.9 cm³/mol. The molecule has 6 nitrogen and oxygen atoms in total. The smallest absolute Gasteiger partial charge is 0.251 e. The molecule has 20 heavy (non-hydrogen) atoms. The lowest BCUT2D eigenvalue weighted by Crippen LogP contribution is -2.34. The van der Waals surface area contributed by atoms with Crippen molar-refractivity contribution in [3.8, 4) is 0 Å². The van der Waals surface area contributed by atoms with Gasteiger partial charge in [-0.3, -0.25) is 9.59 Å². The number of nitrogens with one attached hydrogen (secondary N) is 2. The second kappa shape index (κ2) is 6.74. The Kier molecular flexibility index (Phi) is 4.99. The number of hydrogen-bond donors (Lipinski definition) is 2.